The van der Waals surface area contributed by atoms with Crippen LogP contribution < -0.4 is 5.32 Å². The first-order valence-corrected chi connectivity index (χ1v) is 6.26. The molecule has 0 aliphatic carbocycles. The molecule has 0 aliphatic rings. The Hall–Kier alpha value is -1.77. The minimum atomic E-state index is 0.0235. The van der Waals surface area contributed by atoms with Crippen LogP contribution in [-0.4, -0.2) is 15.7 Å². The Morgan fingerprint density at radius 2 is 1.78 bits per heavy atom. The van der Waals surface area contributed by atoms with E-state index in [0.717, 1.165) is 11.5 Å². The fraction of sp³-hybridized carbons (Fsp3) is 0.400. The number of aromatic nitrogens is 2. The average molecular weight is 243 g/mol. The number of nitrogens with zero attached hydrogens (tertiary/aromatic N) is 1. The van der Waals surface area contributed by atoms with Gasteiger partial charge in [0, 0.05) is 11.6 Å². The van der Waals surface area contributed by atoms with E-state index in [1.54, 1.807) is 0 Å². The molecule has 0 saturated carbocycles. The number of H-pyrrole nitrogens is 1. The van der Waals surface area contributed by atoms with Crippen LogP contribution in [0.15, 0.2) is 24.3 Å². The third kappa shape index (κ3) is 2.92. The molecule has 2 N–H and O–H groups in total. The van der Waals surface area contributed by atoms with E-state index in [0.29, 0.717) is 0 Å². The van der Waals surface area contributed by atoms with Crippen LogP contribution in [0.2, 0.25) is 0 Å². The smallest absolute Gasteiger partial charge is 0.148 e. The van der Waals surface area contributed by atoms with Gasteiger partial charge in [0.25, 0.3) is 0 Å². The van der Waals surface area contributed by atoms with Gasteiger partial charge in [-0.25, -0.2) is 0 Å². The molecule has 0 unspecified atom stereocenters. The summed E-state index contributed by atoms with van der Waals surface area (Å²) in [5.41, 5.74) is 4.85. The first-order chi connectivity index (χ1) is 8.35. The number of rotatable bonds is 2. The summed E-state index contributed by atoms with van der Waals surface area (Å²) in [5.74, 6) is 0.885. The third-order valence-electron chi connectivity index (χ3n) is 2.90. The van der Waals surface area contributed by atoms with Crippen LogP contribution in [0.4, 0.5) is 5.82 Å². The lowest BCUT2D eigenvalue weighted by Gasteiger charge is -2.19. The minimum Gasteiger partial charge on any atom is -0.364 e. The fourth-order valence-electron chi connectivity index (χ4n) is 1.83. The van der Waals surface area contributed by atoms with Gasteiger partial charge in [-0.15, -0.1) is 0 Å². The Morgan fingerprint density at radius 1 is 1.06 bits per heavy atom. The molecule has 0 atom stereocenters. The lowest BCUT2D eigenvalue weighted by molar-refractivity contribution is 0.630. The maximum absolute atomic E-state index is 4.29. The maximum atomic E-state index is 4.29. The fourth-order valence-corrected chi connectivity index (χ4v) is 1.83. The second-order valence-electron chi connectivity index (χ2n) is 5.84. The summed E-state index contributed by atoms with van der Waals surface area (Å²) in [5, 5.41) is 10.7. The number of hydrogen-bond donors (Lipinski definition) is 2. The number of aryl methyl sites for hydroxylation is 2. The van der Waals surface area contributed by atoms with E-state index in [-0.39, 0.29) is 5.54 Å². The van der Waals surface area contributed by atoms with Crippen LogP contribution in [0.5, 0.6) is 0 Å². The molecule has 2 rings (SSSR count). The summed E-state index contributed by atoms with van der Waals surface area (Å²) in [7, 11) is 0. The van der Waals surface area contributed by atoms with Crippen molar-refractivity contribution >= 4 is 5.82 Å². The van der Waals surface area contributed by atoms with Gasteiger partial charge >= 0.3 is 0 Å². The predicted molar refractivity (Wildman–Crippen MR) is 76.9 cm³/mol. The monoisotopic (exact) mass is 243 g/mol. The zero-order valence-corrected chi connectivity index (χ0v) is 11.8. The summed E-state index contributed by atoms with van der Waals surface area (Å²) < 4.78 is 0. The molecular weight excluding hydrogens is 222 g/mol. The molecule has 0 amide bonds. The predicted octanol–water partition coefficient (Wildman–Crippen LogP) is 3.90. The molecule has 2 aromatic rings. The SMILES string of the molecule is Cc1ccc(-c2cc(NC(C)(C)C)n[nH]2)cc1C. The Kier molecular flexibility index (Phi) is 3.16. The quantitative estimate of drug-likeness (QED) is 0.839. The number of aromatic amines is 1. The highest BCUT2D eigenvalue weighted by Gasteiger charge is 2.12. The molecule has 0 spiro atoms. The van der Waals surface area contributed by atoms with Crippen molar-refractivity contribution in [1.29, 1.82) is 0 Å². The van der Waals surface area contributed by atoms with Gasteiger partial charge < -0.3 is 5.32 Å². The summed E-state index contributed by atoms with van der Waals surface area (Å²) in [6.45, 7) is 10.6. The van der Waals surface area contributed by atoms with Crippen molar-refractivity contribution < 1.29 is 0 Å². The zero-order chi connectivity index (χ0) is 13.3. The van der Waals surface area contributed by atoms with Crippen molar-refractivity contribution in [1.82, 2.24) is 10.2 Å². The Labute approximate surface area is 109 Å². The second-order valence-corrected chi connectivity index (χ2v) is 5.84. The van der Waals surface area contributed by atoms with Gasteiger partial charge in [-0.2, -0.15) is 5.10 Å². The van der Waals surface area contributed by atoms with E-state index in [9.17, 15) is 0 Å². The first-order valence-electron chi connectivity index (χ1n) is 6.26. The van der Waals surface area contributed by atoms with Crippen LogP contribution in [0.1, 0.15) is 31.9 Å². The normalized spacial score (nSPS) is 11.6. The highest BCUT2D eigenvalue weighted by atomic mass is 15.2. The molecular formula is C15H21N3. The largest absolute Gasteiger partial charge is 0.364 e. The van der Waals surface area contributed by atoms with Crippen LogP contribution >= 0.6 is 0 Å². The number of nitrogens with one attached hydrogen (secondary N) is 2. The van der Waals surface area contributed by atoms with Gasteiger partial charge in [-0.1, -0.05) is 12.1 Å². The van der Waals surface area contributed by atoms with E-state index in [4.69, 9.17) is 0 Å². The summed E-state index contributed by atoms with van der Waals surface area (Å²) in [6, 6.07) is 8.50. The molecule has 1 heterocycles. The summed E-state index contributed by atoms with van der Waals surface area (Å²) in [4.78, 5) is 0. The van der Waals surface area contributed by atoms with Gasteiger partial charge in [0.2, 0.25) is 0 Å². The summed E-state index contributed by atoms with van der Waals surface area (Å²) in [6.07, 6.45) is 0. The molecule has 0 radical (unpaired) electrons. The van der Waals surface area contributed by atoms with Crippen molar-refractivity contribution in [3.8, 4) is 11.3 Å². The molecule has 3 nitrogen and oxygen atoms in total. The van der Waals surface area contributed by atoms with Crippen molar-refractivity contribution in [3.05, 3.63) is 35.4 Å². The average Bonchev–Trinajstić information content (AvgIpc) is 2.68. The van der Waals surface area contributed by atoms with Crippen molar-refractivity contribution in [2.45, 2.75) is 40.2 Å². The molecule has 96 valence electrons. The molecule has 0 aliphatic heterocycles. The highest BCUT2D eigenvalue weighted by Crippen LogP contribution is 2.23. The molecule has 18 heavy (non-hydrogen) atoms. The topological polar surface area (TPSA) is 40.7 Å². The van der Waals surface area contributed by atoms with Crippen LogP contribution in [0.25, 0.3) is 11.3 Å². The maximum Gasteiger partial charge on any atom is 0.148 e. The number of hydrogen-bond acceptors (Lipinski definition) is 2. The second kappa shape index (κ2) is 4.48. The van der Waals surface area contributed by atoms with Crippen LogP contribution in [-0.2, 0) is 0 Å². The lowest BCUT2D eigenvalue weighted by Crippen LogP contribution is -2.26. The minimum absolute atomic E-state index is 0.0235. The summed E-state index contributed by atoms with van der Waals surface area (Å²) >= 11 is 0. The molecule has 1 aromatic carbocycles. The Morgan fingerprint density at radius 3 is 2.39 bits per heavy atom. The number of benzene rings is 1. The van der Waals surface area contributed by atoms with Crippen molar-refractivity contribution in [2.75, 3.05) is 5.32 Å². The lowest BCUT2D eigenvalue weighted by atomic mass is 10.0. The number of anilines is 1. The Bertz CT molecular complexity index is 547. The van der Waals surface area contributed by atoms with E-state index in [2.05, 4.69) is 74.4 Å². The van der Waals surface area contributed by atoms with Gasteiger partial charge in [-0.3, -0.25) is 5.10 Å². The zero-order valence-electron chi connectivity index (χ0n) is 11.8. The molecule has 3 heteroatoms. The molecule has 0 saturated heterocycles. The molecule has 0 fully saturated rings. The van der Waals surface area contributed by atoms with Gasteiger partial charge in [0.1, 0.15) is 5.82 Å². The van der Waals surface area contributed by atoms with Crippen molar-refractivity contribution in [2.24, 2.45) is 0 Å². The van der Waals surface area contributed by atoms with E-state index in [1.807, 2.05) is 0 Å². The third-order valence-corrected chi connectivity index (χ3v) is 2.90. The highest BCUT2D eigenvalue weighted by molar-refractivity contribution is 5.64. The Balaban J connectivity index is 2.26. The van der Waals surface area contributed by atoms with Crippen LogP contribution in [0, 0.1) is 13.8 Å². The van der Waals surface area contributed by atoms with E-state index in [1.165, 1.54) is 16.7 Å². The molecule has 1 aromatic heterocycles. The molecule has 0 bridgehead atoms. The van der Waals surface area contributed by atoms with Gasteiger partial charge in [0.15, 0.2) is 0 Å². The standard InChI is InChI=1S/C15H21N3/c1-10-6-7-12(8-11(10)2)13-9-14(18-17-13)16-15(3,4)5/h6-9H,1-5H3,(H2,16,17,18). The van der Waals surface area contributed by atoms with Gasteiger partial charge in [0.05, 0.1) is 5.69 Å². The van der Waals surface area contributed by atoms with Gasteiger partial charge in [-0.05, 0) is 57.4 Å². The van der Waals surface area contributed by atoms with E-state index < -0.39 is 0 Å². The van der Waals surface area contributed by atoms with Crippen LogP contribution in [0.3, 0.4) is 0 Å². The first kappa shape index (κ1) is 12.7. The van der Waals surface area contributed by atoms with E-state index >= 15 is 0 Å². The van der Waals surface area contributed by atoms with Crippen molar-refractivity contribution in [3.63, 3.8) is 0 Å².